The van der Waals surface area contributed by atoms with Crippen molar-refractivity contribution in [3.8, 4) is 5.69 Å². The standard InChI is InChI=1S/C46H30N2/c1-3-15-34(16-4-1)47(36-26-28-43-41(30-36)39-21-11-12-22-42(39)48(43)35-17-5-2-6-18-35)44-29-33-14-8-10-20-38(33)46-40(44)27-25-32-24-23-31-13-7-9-19-37(31)45(32)46/h1-30H. The van der Waals surface area contributed by atoms with Gasteiger partial charge in [-0.25, -0.2) is 0 Å². The summed E-state index contributed by atoms with van der Waals surface area (Å²) < 4.78 is 2.38. The lowest BCUT2D eigenvalue weighted by atomic mass is 9.91. The van der Waals surface area contributed by atoms with Gasteiger partial charge in [0.05, 0.1) is 16.7 Å². The molecular formula is C46H30N2. The number of fused-ring (bicyclic) bond motifs is 10. The molecule has 48 heavy (non-hydrogen) atoms. The van der Waals surface area contributed by atoms with Crippen molar-refractivity contribution in [3.63, 3.8) is 0 Å². The van der Waals surface area contributed by atoms with Gasteiger partial charge >= 0.3 is 0 Å². The summed E-state index contributed by atoms with van der Waals surface area (Å²) in [5.74, 6) is 0. The average molecular weight is 611 g/mol. The fourth-order valence-electron chi connectivity index (χ4n) is 7.81. The van der Waals surface area contributed by atoms with Crippen LogP contribution in [0.3, 0.4) is 0 Å². The van der Waals surface area contributed by atoms with E-state index in [1.54, 1.807) is 0 Å². The zero-order valence-electron chi connectivity index (χ0n) is 26.2. The molecule has 0 saturated heterocycles. The highest BCUT2D eigenvalue weighted by Crippen LogP contribution is 2.46. The van der Waals surface area contributed by atoms with Crippen LogP contribution in [0.15, 0.2) is 182 Å². The second kappa shape index (κ2) is 10.6. The second-order valence-electron chi connectivity index (χ2n) is 12.6. The molecule has 10 aromatic rings. The highest BCUT2D eigenvalue weighted by Gasteiger charge is 2.21. The summed E-state index contributed by atoms with van der Waals surface area (Å²) in [7, 11) is 0. The van der Waals surface area contributed by atoms with Gasteiger partial charge in [0.25, 0.3) is 0 Å². The Hall–Kier alpha value is -6.38. The zero-order valence-corrected chi connectivity index (χ0v) is 26.2. The predicted octanol–water partition coefficient (Wildman–Crippen LogP) is 12.9. The molecule has 0 saturated carbocycles. The van der Waals surface area contributed by atoms with Crippen LogP contribution in [-0.2, 0) is 0 Å². The quantitative estimate of drug-likeness (QED) is 0.180. The Bertz CT molecular complexity index is 2830. The molecule has 0 unspecified atom stereocenters. The normalized spacial score (nSPS) is 11.8. The van der Waals surface area contributed by atoms with Crippen LogP contribution in [0.1, 0.15) is 0 Å². The SMILES string of the molecule is c1ccc(N(c2ccc3c(c2)c2ccccc2n3-c2ccccc2)c2cc3ccccc3c3c2ccc2ccc4ccccc4c23)cc1. The van der Waals surface area contributed by atoms with E-state index in [4.69, 9.17) is 0 Å². The third-order valence-corrected chi connectivity index (χ3v) is 9.89. The molecule has 0 atom stereocenters. The van der Waals surface area contributed by atoms with E-state index in [-0.39, 0.29) is 0 Å². The van der Waals surface area contributed by atoms with Gasteiger partial charge in [-0.05, 0) is 86.9 Å². The number of rotatable bonds is 4. The van der Waals surface area contributed by atoms with E-state index in [0.717, 1.165) is 22.7 Å². The Morgan fingerprint density at radius 2 is 0.938 bits per heavy atom. The van der Waals surface area contributed by atoms with Gasteiger partial charge in [-0.2, -0.15) is 0 Å². The largest absolute Gasteiger partial charge is 0.310 e. The summed E-state index contributed by atoms with van der Waals surface area (Å²) in [6, 6.07) is 66.3. The summed E-state index contributed by atoms with van der Waals surface area (Å²) >= 11 is 0. The van der Waals surface area contributed by atoms with E-state index < -0.39 is 0 Å². The lowest BCUT2D eigenvalue weighted by Gasteiger charge is -2.28. The molecule has 0 spiro atoms. The molecular weight excluding hydrogens is 581 g/mol. The Morgan fingerprint density at radius 1 is 0.333 bits per heavy atom. The van der Waals surface area contributed by atoms with E-state index in [1.807, 2.05) is 0 Å². The molecule has 10 rings (SSSR count). The van der Waals surface area contributed by atoms with E-state index >= 15 is 0 Å². The lowest BCUT2D eigenvalue weighted by molar-refractivity contribution is 1.18. The maximum absolute atomic E-state index is 2.44. The summed E-state index contributed by atoms with van der Waals surface area (Å²) in [5, 5.41) is 12.6. The lowest BCUT2D eigenvalue weighted by Crippen LogP contribution is -2.10. The molecule has 9 aromatic carbocycles. The van der Waals surface area contributed by atoms with Crippen LogP contribution < -0.4 is 4.90 Å². The van der Waals surface area contributed by atoms with Gasteiger partial charge in [0.2, 0.25) is 0 Å². The molecule has 2 heteroatoms. The minimum atomic E-state index is 1.12. The van der Waals surface area contributed by atoms with Crippen LogP contribution in [-0.4, -0.2) is 4.57 Å². The number of para-hydroxylation sites is 3. The fourth-order valence-corrected chi connectivity index (χ4v) is 7.81. The van der Waals surface area contributed by atoms with E-state index in [0.29, 0.717) is 0 Å². The Morgan fingerprint density at radius 3 is 1.75 bits per heavy atom. The van der Waals surface area contributed by atoms with Gasteiger partial charge in [0.1, 0.15) is 0 Å². The smallest absolute Gasteiger partial charge is 0.0546 e. The van der Waals surface area contributed by atoms with Gasteiger partial charge in [-0.15, -0.1) is 0 Å². The predicted molar refractivity (Wildman–Crippen MR) is 205 cm³/mol. The number of aromatic nitrogens is 1. The Balaban J connectivity index is 1.32. The van der Waals surface area contributed by atoms with Crippen LogP contribution in [0.2, 0.25) is 0 Å². The van der Waals surface area contributed by atoms with Gasteiger partial charge in [-0.3, -0.25) is 0 Å². The van der Waals surface area contributed by atoms with Crippen LogP contribution in [0.4, 0.5) is 17.1 Å². The summed E-state index contributed by atoms with van der Waals surface area (Å²) in [6.45, 7) is 0. The van der Waals surface area contributed by atoms with Gasteiger partial charge in [0, 0.05) is 38.6 Å². The van der Waals surface area contributed by atoms with Crippen LogP contribution >= 0.6 is 0 Å². The average Bonchev–Trinajstić information content (AvgIpc) is 3.49. The molecule has 0 aliphatic rings. The minimum Gasteiger partial charge on any atom is -0.310 e. The molecule has 0 N–H and O–H groups in total. The zero-order chi connectivity index (χ0) is 31.6. The Kier molecular flexibility index (Phi) is 5.91. The van der Waals surface area contributed by atoms with Crippen molar-refractivity contribution in [2.75, 3.05) is 4.90 Å². The number of anilines is 3. The van der Waals surface area contributed by atoms with Crippen molar-refractivity contribution >= 4 is 82.0 Å². The van der Waals surface area contributed by atoms with E-state index in [2.05, 4.69) is 191 Å². The molecule has 0 amide bonds. The molecule has 0 aliphatic heterocycles. The van der Waals surface area contributed by atoms with Gasteiger partial charge < -0.3 is 9.47 Å². The minimum absolute atomic E-state index is 1.12. The first kappa shape index (κ1) is 26.8. The fraction of sp³-hybridized carbons (Fsp3) is 0. The topological polar surface area (TPSA) is 8.17 Å². The van der Waals surface area contributed by atoms with Crippen molar-refractivity contribution in [2.24, 2.45) is 0 Å². The third kappa shape index (κ3) is 4.00. The molecule has 224 valence electrons. The number of nitrogens with zero attached hydrogens (tertiary/aromatic N) is 2. The molecule has 1 heterocycles. The van der Waals surface area contributed by atoms with Crippen LogP contribution in [0, 0.1) is 0 Å². The summed E-state index contributed by atoms with van der Waals surface area (Å²) in [5.41, 5.74) is 6.97. The Labute approximate surface area is 278 Å². The molecule has 0 aliphatic carbocycles. The van der Waals surface area contributed by atoms with Crippen molar-refractivity contribution in [3.05, 3.63) is 182 Å². The third-order valence-electron chi connectivity index (χ3n) is 9.89. The number of hydrogen-bond acceptors (Lipinski definition) is 1. The first-order valence-corrected chi connectivity index (χ1v) is 16.5. The maximum atomic E-state index is 2.44. The van der Waals surface area contributed by atoms with Crippen molar-refractivity contribution in [2.45, 2.75) is 0 Å². The summed E-state index contributed by atoms with van der Waals surface area (Å²) in [4.78, 5) is 2.44. The second-order valence-corrected chi connectivity index (χ2v) is 12.6. The van der Waals surface area contributed by atoms with Crippen molar-refractivity contribution in [1.82, 2.24) is 4.57 Å². The van der Waals surface area contributed by atoms with Crippen LogP contribution in [0.5, 0.6) is 0 Å². The maximum Gasteiger partial charge on any atom is 0.0546 e. The number of hydrogen-bond donors (Lipinski definition) is 0. The van der Waals surface area contributed by atoms with E-state index in [1.165, 1.54) is 64.9 Å². The molecule has 0 radical (unpaired) electrons. The number of benzene rings is 9. The van der Waals surface area contributed by atoms with Crippen LogP contribution in [0.25, 0.3) is 70.6 Å². The monoisotopic (exact) mass is 610 g/mol. The van der Waals surface area contributed by atoms with E-state index in [9.17, 15) is 0 Å². The van der Waals surface area contributed by atoms with Crippen molar-refractivity contribution in [1.29, 1.82) is 0 Å². The summed E-state index contributed by atoms with van der Waals surface area (Å²) in [6.07, 6.45) is 0. The van der Waals surface area contributed by atoms with Gasteiger partial charge in [0.15, 0.2) is 0 Å². The van der Waals surface area contributed by atoms with Gasteiger partial charge in [-0.1, -0.05) is 127 Å². The molecule has 2 nitrogen and oxygen atoms in total. The highest BCUT2D eigenvalue weighted by atomic mass is 15.1. The highest BCUT2D eigenvalue weighted by molar-refractivity contribution is 6.30. The first-order valence-electron chi connectivity index (χ1n) is 16.5. The van der Waals surface area contributed by atoms with Crippen molar-refractivity contribution < 1.29 is 0 Å². The molecule has 1 aromatic heterocycles. The first-order chi connectivity index (χ1) is 23.8. The molecule has 0 fully saturated rings. The molecule has 0 bridgehead atoms.